The smallest absolute Gasteiger partial charge is 0.341 e. The monoisotopic (exact) mass is 330 g/mol. The highest BCUT2D eigenvalue weighted by Crippen LogP contribution is 2.30. The number of carbonyl (C=O) groups is 1. The molecule has 1 fully saturated rings. The second-order valence-electron chi connectivity index (χ2n) is 6.30. The van der Waals surface area contributed by atoms with Crippen LogP contribution in [0, 0.1) is 5.92 Å². The molecule has 0 atom stereocenters. The lowest BCUT2D eigenvalue weighted by Gasteiger charge is -2.18. The van der Waals surface area contributed by atoms with Gasteiger partial charge in [-0.15, -0.1) is 0 Å². The van der Waals surface area contributed by atoms with Crippen molar-refractivity contribution in [2.24, 2.45) is 5.92 Å². The molecule has 7 nitrogen and oxygen atoms in total. The summed E-state index contributed by atoms with van der Waals surface area (Å²) in [5, 5.41) is 12.9. The summed E-state index contributed by atoms with van der Waals surface area (Å²) in [4.78, 5) is 22.4. The molecule has 0 unspecified atom stereocenters. The molecular formula is C17H22N4O3. The van der Waals surface area contributed by atoms with Crippen molar-refractivity contribution in [1.29, 1.82) is 0 Å². The minimum Gasteiger partial charge on any atom is -0.477 e. The molecule has 3 rings (SSSR count). The zero-order valence-electron chi connectivity index (χ0n) is 14.0. The third-order valence-corrected chi connectivity index (χ3v) is 4.30. The minimum absolute atomic E-state index is 0.0496. The van der Waals surface area contributed by atoms with Crippen molar-refractivity contribution in [1.82, 2.24) is 9.97 Å². The Balaban J connectivity index is 2.02. The maximum atomic E-state index is 11.8. The van der Waals surface area contributed by atoms with Gasteiger partial charge in [0.2, 0.25) is 5.95 Å². The molecule has 0 aromatic carbocycles. The number of carboxylic acid groups (broad SMARTS) is 1. The lowest BCUT2D eigenvalue weighted by atomic mass is 10.1. The molecule has 1 saturated carbocycles. The first-order chi connectivity index (χ1) is 11.6. The van der Waals surface area contributed by atoms with E-state index in [1.54, 1.807) is 17.0 Å². The van der Waals surface area contributed by atoms with Crippen LogP contribution in [0.25, 0.3) is 11.5 Å². The van der Waals surface area contributed by atoms with Crippen LogP contribution < -0.4 is 10.2 Å². The fourth-order valence-electron chi connectivity index (χ4n) is 3.03. The standard InChI is InChI=1S/C17H22N4O3/c1-21(2)17-19-14(12-8-5-9-24-12)13(16(22)23)15(20-17)18-10-11-6-3-4-7-11/h5,8-9,11H,3-4,6-7,10H2,1-2H3,(H,22,23)(H,18,19,20). The van der Waals surface area contributed by atoms with E-state index in [0.717, 1.165) is 6.54 Å². The maximum absolute atomic E-state index is 11.8. The van der Waals surface area contributed by atoms with Crippen molar-refractivity contribution in [3.63, 3.8) is 0 Å². The van der Waals surface area contributed by atoms with Crippen LogP contribution in [0.5, 0.6) is 0 Å². The molecule has 2 aromatic heterocycles. The first kappa shape index (κ1) is 16.3. The molecule has 24 heavy (non-hydrogen) atoms. The Bertz CT molecular complexity index is 707. The Kier molecular flexibility index (Phi) is 4.69. The van der Waals surface area contributed by atoms with Gasteiger partial charge >= 0.3 is 5.97 Å². The Morgan fingerprint density at radius 2 is 2.12 bits per heavy atom. The van der Waals surface area contributed by atoms with E-state index in [-0.39, 0.29) is 5.56 Å². The summed E-state index contributed by atoms with van der Waals surface area (Å²) in [6.45, 7) is 0.724. The molecule has 0 radical (unpaired) electrons. The summed E-state index contributed by atoms with van der Waals surface area (Å²) < 4.78 is 5.38. The molecule has 1 aliphatic carbocycles. The van der Waals surface area contributed by atoms with E-state index in [2.05, 4.69) is 15.3 Å². The van der Waals surface area contributed by atoms with Gasteiger partial charge in [-0.25, -0.2) is 9.78 Å². The van der Waals surface area contributed by atoms with E-state index in [0.29, 0.717) is 29.1 Å². The minimum atomic E-state index is -1.07. The van der Waals surface area contributed by atoms with Gasteiger partial charge < -0.3 is 19.7 Å². The lowest BCUT2D eigenvalue weighted by Crippen LogP contribution is -2.20. The Morgan fingerprint density at radius 3 is 2.71 bits per heavy atom. The highest BCUT2D eigenvalue weighted by Gasteiger charge is 2.25. The molecule has 2 N–H and O–H groups in total. The van der Waals surface area contributed by atoms with Crippen molar-refractivity contribution in [2.75, 3.05) is 30.9 Å². The van der Waals surface area contributed by atoms with E-state index in [9.17, 15) is 9.90 Å². The Hall–Kier alpha value is -2.57. The largest absolute Gasteiger partial charge is 0.477 e. The van der Waals surface area contributed by atoms with Crippen LogP contribution in [-0.4, -0.2) is 41.7 Å². The summed E-state index contributed by atoms with van der Waals surface area (Å²) in [5.74, 6) is 0.707. The van der Waals surface area contributed by atoms with Gasteiger partial charge in [-0.3, -0.25) is 0 Å². The van der Waals surface area contributed by atoms with E-state index < -0.39 is 5.97 Å². The number of hydrogen-bond acceptors (Lipinski definition) is 6. The Morgan fingerprint density at radius 1 is 1.38 bits per heavy atom. The van der Waals surface area contributed by atoms with Crippen molar-refractivity contribution < 1.29 is 14.3 Å². The first-order valence-corrected chi connectivity index (χ1v) is 8.16. The average Bonchev–Trinajstić information content (AvgIpc) is 3.25. The van der Waals surface area contributed by atoms with Gasteiger partial charge in [0.25, 0.3) is 0 Å². The van der Waals surface area contributed by atoms with Crippen LogP contribution in [0.2, 0.25) is 0 Å². The lowest BCUT2D eigenvalue weighted by molar-refractivity contribution is 0.0697. The quantitative estimate of drug-likeness (QED) is 0.841. The molecule has 1 aliphatic rings. The number of anilines is 2. The van der Waals surface area contributed by atoms with E-state index in [4.69, 9.17) is 4.42 Å². The number of carboxylic acids is 1. The zero-order chi connectivity index (χ0) is 17.1. The third-order valence-electron chi connectivity index (χ3n) is 4.30. The predicted molar refractivity (Wildman–Crippen MR) is 91.5 cm³/mol. The molecule has 2 aromatic rings. The highest BCUT2D eigenvalue weighted by atomic mass is 16.4. The van der Waals surface area contributed by atoms with Gasteiger partial charge in [0.1, 0.15) is 17.1 Å². The molecule has 0 bridgehead atoms. The number of aromatic carboxylic acids is 1. The molecule has 2 heterocycles. The molecule has 0 saturated heterocycles. The van der Waals surface area contributed by atoms with Crippen LogP contribution in [0.3, 0.4) is 0 Å². The van der Waals surface area contributed by atoms with Crippen molar-refractivity contribution in [3.05, 3.63) is 24.0 Å². The van der Waals surface area contributed by atoms with Crippen LogP contribution in [-0.2, 0) is 0 Å². The number of rotatable bonds is 6. The summed E-state index contributed by atoms with van der Waals surface area (Å²) in [7, 11) is 3.64. The summed E-state index contributed by atoms with van der Waals surface area (Å²) in [6.07, 6.45) is 6.33. The van der Waals surface area contributed by atoms with Gasteiger partial charge in [-0.2, -0.15) is 4.98 Å². The summed E-state index contributed by atoms with van der Waals surface area (Å²) >= 11 is 0. The first-order valence-electron chi connectivity index (χ1n) is 8.16. The highest BCUT2D eigenvalue weighted by molar-refractivity contribution is 5.99. The van der Waals surface area contributed by atoms with Crippen LogP contribution in [0.4, 0.5) is 11.8 Å². The average molecular weight is 330 g/mol. The van der Waals surface area contributed by atoms with E-state index in [1.165, 1.54) is 31.9 Å². The van der Waals surface area contributed by atoms with Gasteiger partial charge in [-0.05, 0) is 30.9 Å². The molecule has 128 valence electrons. The normalized spacial score (nSPS) is 14.8. The predicted octanol–water partition coefficient (Wildman–Crippen LogP) is 3.10. The topological polar surface area (TPSA) is 91.5 Å². The van der Waals surface area contributed by atoms with E-state index in [1.807, 2.05) is 14.1 Å². The number of furan rings is 1. The second kappa shape index (κ2) is 6.90. The zero-order valence-corrected chi connectivity index (χ0v) is 14.0. The van der Waals surface area contributed by atoms with Crippen LogP contribution >= 0.6 is 0 Å². The number of nitrogens with one attached hydrogen (secondary N) is 1. The summed E-state index contributed by atoms with van der Waals surface area (Å²) in [6, 6.07) is 3.42. The molecule has 0 spiro atoms. The fourth-order valence-corrected chi connectivity index (χ4v) is 3.03. The molecule has 7 heteroatoms. The number of hydrogen-bond donors (Lipinski definition) is 2. The van der Waals surface area contributed by atoms with E-state index >= 15 is 0 Å². The fraction of sp³-hybridized carbons (Fsp3) is 0.471. The molecule has 0 amide bonds. The number of nitrogens with zero attached hydrogens (tertiary/aromatic N) is 3. The maximum Gasteiger partial charge on any atom is 0.341 e. The molecule has 0 aliphatic heterocycles. The van der Waals surface area contributed by atoms with Crippen LogP contribution in [0.15, 0.2) is 22.8 Å². The van der Waals surface area contributed by atoms with Crippen LogP contribution in [0.1, 0.15) is 36.0 Å². The number of aromatic nitrogens is 2. The van der Waals surface area contributed by atoms with Crippen molar-refractivity contribution >= 4 is 17.7 Å². The van der Waals surface area contributed by atoms with Gasteiger partial charge in [-0.1, -0.05) is 12.8 Å². The third kappa shape index (κ3) is 3.34. The van der Waals surface area contributed by atoms with Gasteiger partial charge in [0.15, 0.2) is 5.76 Å². The molecular weight excluding hydrogens is 308 g/mol. The summed E-state index contributed by atoms with van der Waals surface area (Å²) in [5.41, 5.74) is 0.341. The Labute approximate surface area is 140 Å². The SMILES string of the molecule is CN(C)c1nc(NCC2CCCC2)c(C(=O)O)c(-c2ccco2)n1. The second-order valence-corrected chi connectivity index (χ2v) is 6.30. The van der Waals surface area contributed by atoms with Crippen molar-refractivity contribution in [3.8, 4) is 11.5 Å². The van der Waals surface area contributed by atoms with Gasteiger partial charge in [0, 0.05) is 20.6 Å². The van der Waals surface area contributed by atoms with Crippen molar-refractivity contribution in [2.45, 2.75) is 25.7 Å². The van der Waals surface area contributed by atoms with Gasteiger partial charge in [0.05, 0.1) is 6.26 Å².